The molecule has 1 saturated heterocycles. The van der Waals surface area contributed by atoms with Gasteiger partial charge < -0.3 is 4.18 Å². The zero-order valence-corrected chi connectivity index (χ0v) is 26.1. The van der Waals surface area contributed by atoms with E-state index < -0.39 is 52.0 Å². The van der Waals surface area contributed by atoms with Crippen LogP contribution >= 0.6 is 23.2 Å². The Morgan fingerprint density at radius 2 is 1.49 bits per heavy atom. The molecule has 0 N–H and O–H groups in total. The van der Waals surface area contributed by atoms with E-state index in [1.165, 1.54) is 54.6 Å². The fraction of sp³-hybridized carbons (Fsp3) is 0.273. The number of nitrogens with zero attached hydrogens (tertiary/aromatic N) is 2. The van der Waals surface area contributed by atoms with Gasteiger partial charge >= 0.3 is 10.1 Å². The molecule has 3 aromatic rings. The van der Waals surface area contributed by atoms with Gasteiger partial charge in [-0.05, 0) is 91.6 Å². The second kappa shape index (κ2) is 10.8. The number of hydrogen-bond donors (Lipinski definition) is 0. The topological polar surface area (TPSA) is 118 Å². The van der Waals surface area contributed by atoms with Gasteiger partial charge in [0.2, 0.25) is 0 Å². The molecule has 3 aromatic carbocycles. The van der Waals surface area contributed by atoms with Crippen molar-refractivity contribution in [1.82, 2.24) is 10.0 Å². The Balaban J connectivity index is 1.16. The third-order valence-electron chi connectivity index (χ3n) is 9.26. The predicted molar refractivity (Wildman–Crippen MR) is 164 cm³/mol. The van der Waals surface area contributed by atoms with Gasteiger partial charge in [-0.3, -0.25) is 19.2 Å². The molecule has 1 aliphatic heterocycles. The molecular weight excluding hydrogens is 639 g/mol. The summed E-state index contributed by atoms with van der Waals surface area (Å²) in [7, 11) is -4.12. The fourth-order valence-electron chi connectivity index (χ4n) is 7.02. The minimum atomic E-state index is -4.12. The van der Waals surface area contributed by atoms with Crippen molar-refractivity contribution >= 4 is 56.8 Å². The number of amides is 3. The molecule has 2 saturated carbocycles. The van der Waals surface area contributed by atoms with E-state index in [1.807, 2.05) is 19.1 Å². The van der Waals surface area contributed by atoms with Crippen molar-refractivity contribution in [3.05, 3.63) is 106 Å². The standard InChI is InChI=1S/C33H26Cl2N2O7S/c1-17-2-9-21(10-3-17)45(42,43)44-20-7-4-18(5-8-20)28(38)16-36(31(39)24-11-6-19(34)14-27(24)35)37-32(40)29-22-12-13-23(26-15-25(22)26)30(29)33(37)41/h2-14,22-23,25-26,29-30H,15-16H2,1H3/t22-,23-,25-,26+,29-,30+/m0/s1. The highest BCUT2D eigenvalue weighted by atomic mass is 35.5. The van der Waals surface area contributed by atoms with E-state index in [9.17, 15) is 27.6 Å². The minimum Gasteiger partial charge on any atom is -0.379 e. The lowest BCUT2D eigenvalue weighted by Gasteiger charge is -2.37. The zero-order valence-electron chi connectivity index (χ0n) is 23.8. The Bertz CT molecular complexity index is 1870. The average Bonchev–Trinajstić information content (AvgIpc) is 3.79. The lowest BCUT2D eigenvalue weighted by atomic mass is 9.63. The van der Waals surface area contributed by atoms with Crippen molar-refractivity contribution in [2.75, 3.05) is 6.54 Å². The number of allylic oxidation sites excluding steroid dienone is 2. The van der Waals surface area contributed by atoms with Gasteiger partial charge in [-0.1, -0.05) is 53.1 Å². The molecule has 3 amide bonds. The van der Waals surface area contributed by atoms with Gasteiger partial charge in [0.25, 0.3) is 17.7 Å². The van der Waals surface area contributed by atoms with Crippen LogP contribution in [0.2, 0.25) is 10.0 Å². The number of aryl methyl sites for hydroxylation is 1. The number of hydrogen-bond acceptors (Lipinski definition) is 7. The van der Waals surface area contributed by atoms with E-state index in [1.54, 1.807) is 12.1 Å². The molecule has 6 atom stereocenters. The van der Waals surface area contributed by atoms with Gasteiger partial charge in [0.05, 0.1) is 22.4 Å². The number of imide groups is 1. The number of rotatable bonds is 8. The first kappa shape index (κ1) is 29.7. The van der Waals surface area contributed by atoms with E-state index in [-0.39, 0.29) is 43.7 Å². The van der Waals surface area contributed by atoms with Gasteiger partial charge in [-0.25, -0.2) is 5.01 Å². The first-order valence-corrected chi connectivity index (χ1v) is 16.6. The number of benzene rings is 3. The van der Waals surface area contributed by atoms with E-state index in [4.69, 9.17) is 27.4 Å². The summed E-state index contributed by atoms with van der Waals surface area (Å²) in [5, 5.41) is 1.99. The third kappa shape index (κ3) is 5.05. The maximum atomic E-state index is 13.9. The predicted octanol–water partition coefficient (Wildman–Crippen LogP) is 5.36. The Hall–Kier alpha value is -3.99. The molecule has 230 valence electrons. The van der Waals surface area contributed by atoms with Crippen LogP contribution in [0.25, 0.3) is 0 Å². The van der Waals surface area contributed by atoms with Gasteiger partial charge in [0.1, 0.15) is 17.2 Å². The summed E-state index contributed by atoms with van der Waals surface area (Å²) in [6, 6.07) is 15.7. The maximum Gasteiger partial charge on any atom is 0.339 e. The van der Waals surface area contributed by atoms with E-state index in [2.05, 4.69) is 0 Å². The molecule has 2 bridgehead atoms. The molecule has 0 unspecified atom stereocenters. The van der Waals surface area contributed by atoms with E-state index in [0.717, 1.165) is 22.0 Å². The van der Waals surface area contributed by atoms with Crippen LogP contribution in [-0.4, -0.2) is 48.5 Å². The van der Waals surface area contributed by atoms with Crippen LogP contribution in [0.15, 0.2) is 83.8 Å². The smallest absolute Gasteiger partial charge is 0.339 e. The molecule has 5 aliphatic rings. The van der Waals surface area contributed by atoms with Crippen LogP contribution in [0.1, 0.15) is 32.7 Å². The molecule has 1 heterocycles. The molecule has 4 aliphatic carbocycles. The second-order valence-corrected chi connectivity index (χ2v) is 14.3. The van der Waals surface area contributed by atoms with Crippen LogP contribution in [0.5, 0.6) is 5.75 Å². The molecular formula is C33H26Cl2N2O7S. The van der Waals surface area contributed by atoms with Crippen LogP contribution in [0, 0.1) is 42.4 Å². The number of ketones is 1. The van der Waals surface area contributed by atoms with Crippen molar-refractivity contribution < 1.29 is 31.8 Å². The number of Topliss-reactive ketones (excluding diaryl/α,β-unsaturated/α-hetero) is 1. The Labute approximate surface area is 269 Å². The highest BCUT2D eigenvalue weighted by molar-refractivity contribution is 7.87. The molecule has 3 fully saturated rings. The number of halogens is 2. The van der Waals surface area contributed by atoms with Crippen molar-refractivity contribution in [2.45, 2.75) is 18.2 Å². The van der Waals surface area contributed by atoms with Crippen LogP contribution in [-0.2, 0) is 19.7 Å². The number of carbonyl (C=O) groups excluding carboxylic acids is 4. The van der Waals surface area contributed by atoms with E-state index in [0.29, 0.717) is 11.8 Å². The van der Waals surface area contributed by atoms with Crippen molar-refractivity contribution in [3.8, 4) is 5.75 Å². The molecule has 45 heavy (non-hydrogen) atoms. The van der Waals surface area contributed by atoms with E-state index >= 15 is 0 Å². The van der Waals surface area contributed by atoms with Gasteiger partial charge in [0.15, 0.2) is 5.78 Å². The largest absolute Gasteiger partial charge is 0.379 e. The van der Waals surface area contributed by atoms with Crippen molar-refractivity contribution in [2.24, 2.45) is 35.5 Å². The highest BCUT2D eigenvalue weighted by Crippen LogP contribution is 2.65. The monoisotopic (exact) mass is 664 g/mol. The summed E-state index contributed by atoms with van der Waals surface area (Å²) in [5.41, 5.74) is 0.965. The highest BCUT2D eigenvalue weighted by Gasteiger charge is 2.68. The van der Waals surface area contributed by atoms with Gasteiger partial charge in [-0.2, -0.15) is 13.4 Å². The van der Waals surface area contributed by atoms with Crippen molar-refractivity contribution in [3.63, 3.8) is 0 Å². The Morgan fingerprint density at radius 1 is 0.889 bits per heavy atom. The normalized spacial score (nSPS) is 26.0. The van der Waals surface area contributed by atoms with Gasteiger partial charge in [0, 0.05) is 10.6 Å². The maximum absolute atomic E-state index is 13.9. The summed E-state index contributed by atoms with van der Waals surface area (Å²) < 4.78 is 30.6. The summed E-state index contributed by atoms with van der Waals surface area (Å²) in [6.07, 6.45) is 5.01. The Morgan fingerprint density at radius 3 is 2.07 bits per heavy atom. The average molecular weight is 666 g/mol. The SMILES string of the molecule is Cc1ccc(S(=O)(=O)Oc2ccc(C(=O)CN(C(=O)c3ccc(Cl)cc3Cl)N3C(=O)[C@@H]4[C@H]5C=C[C@@H]([C@@H]6C[C@H]56)[C@@H]4C3=O)cc2)cc1. The summed E-state index contributed by atoms with van der Waals surface area (Å²) in [6.45, 7) is 1.18. The molecule has 9 nitrogen and oxygen atoms in total. The van der Waals surface area contributed by atoms with Crippen LogP contribution < -0.4 is 4.18 Å². The zero-order chi connectivity index (χ0) is 31.8. The lowest BCUT2D eigenvalue weighted by Crippen LogP contribution is -2.52. The van der Waals surface area contributed by atoms with Crippen LogP contribution in [0.4, 0.5) is 0 Å². The first-order chi connectivity index (χ1) is 21.4. The summed E-state index contributed by atoms with van der Waals surface area (Å²) >= 11 is 12.4. The van der Waals surface area contributed by atoms with Crippen molar-refractivity contribution in [1.29, 1.82) is 0 Å². The molecule has 0 radical (unpaired) electrons. The molecule has 8 rings (SSSR count). The van der Waals surface area contributed by atoms with Gasteiger partial charge in [-0.15, -0.1) is 0 Å². The third-order valence-corrected chi connectivity index (χ3v) is 11.1. The molecule has 12 heteroatoms. The fourth-order valence-corrected chi connectivity index (χ4v) is 8.44. The minimum absolute atomic E-state index is 0.000675. The second-order valence-electron chi connectivity index (χ2n) is 11.9. The summed E-state index contributed by atoms with van der Waals surface area (Å²) in [5.74, 6) is -3.08. The summed E-state index contributed by atoms with van der Waals surface area (Å²) in [4.78, 5) is 55.3. The number of hydrazine groups is 1. The Kier molecular flexibility index (Phi) is 7.14. The first-order valence-electron chi connectivity index (χ1n) is 14.4. The molecule has 0 aromatic heterocycles. The number of carbonyl (C=O) groups is 4. The molecule has 0 spiro atoms. The lowest BCUT2D eigenvalue weighted by molar-refractivity contribution is -0.154. The van der Waals surface area contributed by atoms with Crippen LogP contribution in [0.3, 0.4) is 0 Å². The quantitative estimate of drug-likeness (QED) is 0.138.